The van der Waals surface area contributed by atoms with Crippen LogP contribution in [0.1, 0.15) is 62.2 Å². The molecule has 296 valence electrons. The molecule has 4 heteroatoms. The molecule has 0 unspecified atom stereocenters. The van der Waals surface area contributed by atoms with Crippen molar-refractivity contribution in [3.63, 3.8) is 0 Å². The Kier molecular flexibility index (Phi) is 7.95. The molecule has 62 heavy (non-hydrogen) atoms. The second kappa shape index (κ2) is 13.5. The lowest BCUT2D eigenvalue weighted by atomic mass is 9.82. The molecule has 0 fully saturated rings. The lowest BCUT2D eigenvalue weighted by molar-refractivity contribution is 0.660. The highest BCUT2D eigenvalue weighted by Gasteiger charge is 2.38. The Labute approximate surface area is 362 Å². The van der Waals surface area contributed by atoms with Crippen LogP contribution < -0.4 is 0 Å². The van der Waals surface area contributed by atoms with Crippen LogP contribution in [0.5, 0.6) is 0 Å². The Morgan fingerprint density at radius 3 is 1.95 bits per heavy atom. The smallest absolute Gasteiger partial charge is 0.164 e. The van der Waals surface area contributed by atoms with Gasteiger partial charge >= 0.3 is 0 Å². The van der Waals surface area contributed by atoms with Crippen molar-refractivity contribution in [2.45, 2.75) is 44.9 Å². The molecule has 0 saturated heterocycles. The highest BCUT2D eigenvalue weighted by atomic mass is 15.0. The lowest BCUT2D eigenvalue weighted by Gasteiger charge is -2.23. The van der Waals surface area contributed by atoms with Gasteiger partial charge in [0.1, 0.15) is 0 Å². The summed E-state index contributed by atoms with van der Waals surface area (Å²) >= 11 is 0. The van der Waals surface area contributed by atoms with Gasteiger partial charge in [-0.05, 0) is 80.8 Å². The molecule has 0 N–H and O–H groups in total. The van der Waals surface area contributed by atoms with Crippen molar-refractivity contribution in [3.05, 3.63) is 210 Å². The van der Waals surface area contributed by atoms with Crippen LogP contribution in [0.25, 0.3) is 89.2 Å². The summed E-state index contributed by atoms with van der Waals surface area (Å²) in [5.74, 6) is 1.93. The molecule has 12 rings (SSSR count). The fourth-order valence-corrected chi connectivity index (χ4v) is 10.6. The molecule has 0 bridgehead atoms. The number of benzene rings is 7. The lowest BCUT2D eigenvalue weighted by Crippen LogP contribution is -2.15. The first-order valence-electron chi connectivity index (χ1n) is 21.7. The third kappa shape index (κ3) is 5.36. The van der Waals surface area contributed by atoms with E-state index in [0.717, 1.165) is 39.9 Å². The summed E-state index contributed by atoms with van der Waals surface area (Å²) in [6.45, 7) is 9.45. The zero-order valence-electron chi connectivity index (χ0n) is 35.3. The maximum Gasteiger partial charge on any atom is 0.164 e. The van der Waals surface area contributed by atoms with Crippen LogP contribution in [0, 0.1) is 0 Å². The van der Waals surface area contributed by atoms with Crippen molar-refractivity contribution in [2.24, 2.45) is 0 Å². The van der Waals surface area contributed by atoms with Crippen LogP contribution in [0.4, 0.5) is 0 Å². The van der Waals surface area contributed by atoms with Gasteiger partial charge in [0, 0.05) is 43.9 Å². The molecule has 0 spiro atoms. The van der Waals surface area contributed by atoms with Crippen molar-refractivity contribution >= 4 is 27.4 Å². The minimum Gasteiger partial charge on any atom is -0.309 e. The van der Waals surface area contributed by atoms with E-state index in [1.54, 1.807) is 0 Å². The van der Waals surface area contributed by atoms with Crippen LogP contribution >= 0.6 is 0 Å². The average molecular weight is 797 g/mol. The molecule has 0 atom stereocenters. The predicted octanol–water partition coefficient (Wildman–Crippen LogP) is 14.5. The first-order chi connectivity index (χ1) is 30.3. The van der Waals surface area contributed by atoms with E-state index in [4.69, 9.17) is 15.0 Å². The number of allylic oxidation sites excluding steroid dienone is 6. The summed E-state index contributed by atoms with van der Waals surface area (Å²) < 4.78 is 2.51. The summed E-state index contributed by atoms with van der Waals surface area (Å²) in [7, 11) is 0. The third-order valence-electron chi connectivity index (χ3n) is 13.7. The molecule has 0 radical (unpaired) electrons. The van der Waals surface area contributed by atoms with Gasteiger partial charge in [-0.1, -0.05) is 185 Å². The van der Waals surface area contributed by atoms with E-state index in [9.17, 15) is 0 Å². The van der Waals surface area contributed by atoms with Crippen molar-refractivity contribution < 1.29 is 0 Å². The molecule has 2 aromatic heterocycles. The first-order valence-corrected chi connectivity index (χ1v) is 21.7. The van der Waals surface area contributed by atoms with Gasteiger partial charge in [0.15, 0.2) is 17.5 Å². The standard InChI is InChI=1S/C58H44N4/c1-57(2)47-28-16-13-25-43(47)53-42(26-18-29-48(53)57)41-32-31-38(56-60-54(36-19-8-5-6-9-20-36)59-55(61-56)37-21-10-7-11-22-37)33-51(41)62-50-30-17-14-24-40(50)45-34-44-39-23-12-15-27-46(39)58(3,4)49(44)35-52(45)62/h5,7-35H,6H2,1-4H3. The number of hydrogen-bond donors (Lipinski definition) is 0. The summed E-state index contributed by atoms with van der Waals surface area (Å²) in [5.41, 5.74) is 19.0. The molecule has 3 aliphatic rings. The van der Waals surface area contributed by atoms with E-state index >= 15 is 0 Å². The largest absolute Gasteiger partial charge is 0.309 e. The maximum atomic E-state index is 5.25. The topological polar surface area (TPSA) is 43.6 Å². The summed E-state index contributed by atoms with van der Waals surface area (Å²) in [5, 5.41) is 2.46. The molecule has 9 aromatic rings. The normalized spacial score (nSPS) is 15.3. The molecule has 2 heterocycles. The van der Waals surface area contributed by atoms with Gasteiger partial charge in [-0.2, -0.15) is 0 Å². The summed E-state index contributed by atoms with van der Waals surface area (Å²) in [6, 6.07) is 55.6. The van der Waals surface area contributed by atoms with E-state index in [1.165, 1.54) is 66.4 Å². The number of rotatable bonds is 5. The Morgan fingerprint density at radius 1 is 0.452 bits per heavy atom. The number of nitrogens with zero attached hydrogens (tertiary/aromatic N) is 4. The van der Waals surface area contributed by atoms with Crippen LogP contribution in [0.3, 0.4) is 0 Å². The first kappa shape index (κ1) is 36.4. The monoisotopic (exact) mass is 796 g/mol. The highest BCUT2D eigenvalue weighted by Crippen LogP contribution is 2.54. The van der Waals surface area contributed by atoms with E-state index in [-0.39, 0.29) is 10.8 Å². The number of hydrogen-bond acceptors (Lipinski definition) is 3. The van der Waals surface area contributed by atoms with Crippen LogP contribution in [0.15, 0.2) is 182 Å². The number of para-hydroxylation sites is 1. The van der Waals surface area contributed by atoms with Crippen LogP contribution in [0.2, 0.25) is 0 Å². The molecule has 3 aliphatic carbocycles. The van der Waals surface area contributed by atoms with E-state index in [1.807, 2.05) is 18.2 Å². The molecular formula is C58H44N4. The van der Waals surface area contributed by atoms with Crippen molar-refractivity contribution in [1.82, 2.24) is 19.5 Å². The number of aromatic nitrogens is 4. The van der Waals surface area contributed by atoms with Gasteiger partial charge < -0.3 is 4.57 Å². The minimum absolute atomic E-state index is 0.137. The minimum atomic E-state index is -0.160. The van der Waals surface area contributed by atoms with Crippen LogP contribution in [-0.2, 0) is 10.8 Å². The zero-order valence-corrected chi connectivity index (χ0v) is 35.3. The van der Waals surface area contributed by atoms with Gasteiger partial charge in [-0.15, -0.1) is 0 Å². The number of fused-ring (bicyclic) bond motifs is 9. The molecule has 0 amide bonds. The molecule has 4 nitrogen and oxygen atoms in total. The Hall–Kier alpha value is -7.43. The van der Waals surface area contributed by atoms with Gasteiger partial charge in [0.25, 0.3) is 0 Å². The van der Waals surface area contributed by atoms with E-state index in [2.05, 4.69) is 196 Å². The van der Waals surface area contributed by atoms with Crippen LogP contribution in [-0.4, -0.2) is 19.5 Å². The highest BCUT2D eigenvalue weighted by molar-refractivity contribution is 6.12. The Morgan fingerprint density at radius 2 is 1.11 bits per heavy atom. The van der Waals surface area contributed by atoms with Gasteiger partial charge in [-0.3, -0.25) is 0 Å². The fourth-order valence-electron chi connectivity index (χ4n) is 10.6. The predicted molar refractivity (Wildman–Crippen MR) is 256 cm³/mol. The third-order valence-corrected chi connectivity index (χ3v) is 13.7. The van der Waals surface area contributed by atoms with Gasteiger partial charge in [0.2, 0.25) is 0 Å². The Bertz CT molecular complexity index is 3430. The second-order valence-electron chi connectivity index (χ2n) is 17.9. The summed E-state index contributed by atoms with van der Waals surface area (Å²) in [4.78, 5) is 15.6. The molecule has 7 aromatic carbocycles. The molecular weight excluding hydrogens is 753 g/mol. The average Bonchev–Trinajstić information content (AvgIpc) is 3.69. The quantitative estimate of drug-likeness (QED) is 0.174. The van der Waals surface area contributed by atoms with Crippen molar-refractivity contribution in [2.75, 3.05) is 0 Å². The molecule has 0 saturated carbocycles. The SMILES string of the molecule is CC1(C)c2ccccc2-c2cc3c4ccccc4n(-c4cc(-c5nc(C6=CC=CCC=C6)nc(-c6ccccc6)n5)ccc4-c4cccc5c4-c4ccccc4C5(C)C)c3cc21. The van der Waals surface area contributed by atoms with E-state index < -0.39 is 0 Å². The van der Waals surface area contributed by atoms with Gasteiger partial charge in [0.05, 0.1) is 16.7 Å². The van der Waals surface area contributed by atoms with E-state index in [0.29, 0.717) is 17.5 Å². The molecule has 0 aliphatic heterocycles. The Balaban J connectivity index is 1.17. The zero-order chi connectivity index (χ0) is 41.7. The summed E-state index contributed by atoms with van der Waals surface area (Å²) in [6.07, 6.45) is 11.5. The second-order valence-corrected chi connectivity index (χ2v) is 17.9. The van der Waals surface area contributed by atoms with Crippen molar-refractivity contribution in [3.8, 4) is 61.8 Å². The fraction of sp³-hybridized carbons (Fsp3) is 0.121. The maximum absolute atomic E-state index is 5.25. The van der Waals surface area contributed by atoms with Gasteiger partial charge in [-0.25, -0.2) is 15.0 Å². The van der Waals surface area contributed by atoms with Crippen molar-refractivity contribution in [1.29, 1.82) is 0 Å².